The second-order valence-electron chi connectivity index (χ2n) is 4.62. The van der Waals surface area contributed by atoms with E-state index in [4.69, 9.17) is 4.74 Å². The lowest BCUT2D eigenvalue weighted by atomic mass is 10.00. The van der Waals surface area contributed by atoms with Crippen LogP contribution < -0.4 is 5.32 Å². The van der Waals surface area contributed by atoms with Crippen molar-refractivity contribution in [3.05, 3.63) is 35.6 Å². The largest absolute Gasteiger partial charge is 0.374 e. The van der Waals surface area contributed by atoms with Crippen LogP contribution >= 0.6 is 0 Å². The van der Waals surface area contributed by atoms with Crippen LogP contribution in [-0.2, 0) is 4.74 Å². The Morgan fingerprint density at radius 3 is 2.78 bits per heavy atom. The van der Waals surface area contributed by atoms with Gasteiger partial charge in [0, 0.05) is 13.1 Å². The quantitative estimate of drug-likeness (QED) is 0.884. The highest BCUT2D eigenvalue weighted by molar-refractivity contribution is 5.21. The molecule has 4 heteroatoms. The van der Waals surface area contributed by atoms with Gasteiger partial charge < -0.3 is 10.1 Å². The SMILES string of the molecule is CCN1CCOC(C(NC)c2ccc(F)cc2)C1. The Balaban J connectivity index is 2.10. The van der Waals surface area contributed by atoms with Gasteiger partial charge in [-0.25, -0.2) is 4.39 Å². The summed E-state index contributed by atoms with van der Waals surface area (Å²) in [7, 11) is 1.92. The average Bonchev–Trinajstić information content (AvgIpc) is 2.42. The van der Waals surface area contributed by atoms with Crippen LogP contribution in [0.15, 0.2) is 24.3 Å². The minimum atomic E-state index is -0.201. The summed E-state index contributed by atoms with van der Waals surface area (Å²) in [5, 5.41) is 3.28. The Morgan fingerprint density at radius 1 is 1.44 bits per heavy atom. The summed E-state index contributed by atoms with van der Waals surface area (Å²) in [6.07, 6.45) is 0.120. The molecule has 0 saturated carbocycles. The van der Waals surface area contributed by atoms with Crippen molar-refractivity contribution in [1.82, 2.24) is 10.2 Å². The number of likely N-dealkylation sites (N-methyl/N-ethyl adjacent to an activating group) is 2. The Morgan fingerprint density at radius 2 is 2.17 bits per heavy atom. The summed E-state index contributed by atoms with van der Waals surface area (Å²) in [6, 6.07) is 6.76. The molecule has 1 N–H and O–H groups in total. The van der Waals surface area contributed by atoms with Crippen LogP contribution in [0.1, 0.15) is 18.5 Å². The predicted octanol–water partition coefficient (Wildman–Crippen LogP) is 1.81. The Hall–Kier alpha value is -0.970. The van der Waals surface area contributed by atoms with E-state index in [1.807, 2.05) is 19.2 Å². The summed E-state index contributed by atoms with van der Waals surface area (Å²) in [5.74, 6) is -0.201. The number of morpholine rings is 1. The second kappa shape index (κ2) is 6.27. The van der Waals surface area contributed by atoms with Gasteiger partial charge in [-0.15, -0.1) is 0 Å². The molecular formula is C14H21FN2O. The summed E-state index contributed by atoms with van der Waals surface area (Å²) in [6.45, 7) is 5.87. The number of nitrogens with one attached hydrogen (secondary N) is 1. The molecule has 3 nitrogen and oxygen atoms in total. The molecule has 1 saturated heterocycles. The van der Waals surface area contributed by atoms with E-state index in [2.05, 4.69) is 17.1 Å². The number of hydrogen-bond donors (Lipinski definition) is 1. The van der Waals surface area contributed by atoms with Gasteiger partial charge in [-0.1, -0.05) is 19.1 Å². The molecule has 0 aliphatic carbocycles. The van der Waals surface area contributed by atoms with Gasteiger partial charge in [0.15, 0.2) is 0 Å². The van der Waals surface area contributed by atoms with Crippen molar-refractivity contribution < 1.29 is 9.13 Å². The fourth-order valence-electron chi connectivity index (χ4n) is 2.46. The Labute approximate surface area is 108 Å². The van der Waals surface area contributed by atoms with Crippen molar-refractivity contribution in [2.75, 3.05) is 33.3 Å². The zero-order valence-electron chi connectivity index (χ0n) is 11.0. The molecule has 1 aliphatic rings. The minimum Gasteiger partial charge on any atom is -0.374 e. The molecule has 1 heterocycles. The van der Waals surface area contributed by atoms with Gasteiger partial charge in [-0.3, -0.25) is 4.90 Å². The monoisotopic (exact) mass is 252 g/mol. The number of ether oxygens (including phenoxy) is 1. The van der Waals surface area contributed by atoms with E-state index in [1.165, 1.54) is 12.1 Å². The number of rotatable bonds is 4. The van der Waals surface area contributed by atoms with Gasteiger partial charge >= 0.3 is 0 Å². The molecule has 0 spiro atoms. The first kappa shape index (κ1) is 13.5. The zero-order valence-corrected chi connectivity index (χ0v) is 11.0. The average molecular weight is 252 g/mol. The molecule has 1 aliphatic heterocycles. The number of benzene rings is 1. The van der Waals surface area contributed by atoms with Gasteiger partial charge in [0.1, 0.15) is 5.82 Å². The van der Waals surface area contributed by atoms with Crippen LogP contribution in [0.2, 0.25) is 0 Å². The van der Waals surface area contributed by atoms with Gasteiger partial charge in [0.25, 0.3) is 0 Å². The fraction of sp³-hybridized carbons (Fsp3) is 0.571. The van der Waals surface area contributed by atoms with E-state index in [9.17, 15) is 4.39 Å². The van der Waals surface area contributed by atoms with Crippen LogP contribution in [0.3, 0.4) is 0 Å². The van der Waals surface area contributed by atoms with Crippen molar-refractivity contribution in [3.8, 4) is 0 Å². The molecule has 0 amide bonds. The van der Waals surface area contributed by atoms with Gasteiger partial charge in [0.05, 0.1) is 18.8 Å². The highest BCUT2D eigenvalue weighted by Gasteiger charge is 2.27. The van der Waals surface area contributed by atoms with Gasteiger partial charge in [-0.05, 0) is 31.3 Å². The second-order valence-corrected chi connectivity index (χ2v) is 4.62. The van der Waals surface area contributed by atoms with Crippen LogP contribution in [0.25, 0.3) is 0 Å². The third-order valence-corrected chi connectivity index (χ3v) is 3.54. The molecule has 0 radical (unpaired) electrons. The Bertz CT molecular complexity index is 369. The summed E-state index contributed by atoms with van der Waals surface area (Å²) < 4.78 is 18.8. The van der Waals surface area contributed by atoms with Crippen molar-refractivity contribution in [2.24, 2.45) is 0 Å². The van der Waals surface area contributed by atoms with E-state index in [0.29, 0.717) is 0 Å². The molecule has 0 aromatic heterocycles. The van der Waals surface area contributed by atoms with E-state index in [1.54, 1.807) is 0 Å². The molecule has 2 rings (SSSR count). The molecular weight excluding hydrogens is 231 g/mol. The van der Waals surface area contributed by atoms with E-state index in [0.717, 1.165) is 31.8 Å². The summed E-state index contributed by atoms with van der Waals surface area (Å²) in [5.41, 5.74) is 1.07. The Kier molecular flexibility index (Phi) is 4.69. The van der Waals surface area contributed by atoms with Gasteiger partial charge in [0.2, 0.25) is 0 Å². The van der Waals surface area contributed by atoms with E-state index < -0.39 is 0 Å². The third-order valence-electron chi connectivity index (χ3n) is 3.54. The zero-order chi connectivity index (χ0) is 13.0. The van der Waals surface area contributed by atoms with E-state index >= 15 is 0 Å². The maximum absolute atomic E-state index is 13.0. The molecule has 0 bridgehead atoms. The molecule has 100 valence electrons. The summed E-state index contributed by atoms with van der Waals surface area (Å²) in [4.78, 5) is 2.38. The first-order chi connectivity index (χ1) is 8.74. The van der Waals surface area contributed by atoms with Crippen LogP contribution in [0, 0.1) is 5.82 Å². The first-order valence-corrected chi connectivity index (χ1v) is 6.51. The van der Waals surface area contributed by atoms with E-state index in [-0.39, 0.29) is 18.0 Å². The van der Waals surface area contributed by atoms with Crippen molar-refractivity contribution in [1.29, 1.82) is 0 Å². The van der Waals surface area contributed by atoms with Crippen molar-refractivity contribution in [2.45, 2.75) is 19.1 Å². The van der Waals surface area contributed by atoms with Gasteiger partial charge in [-0.2, -0.15) is 0 Å². The molecule has 2 atom stereocenters. The number of halogens is 1. The van der Waals surface area contributed by atoms with Crippen LogP contribution in [0.5, 0.6) is 0 Å². The highest BCUT2D eigenvalue weighted by atomic mass is 19.1. The van der Waals surface area contributed by atoms with Crippen LogP contribution in [0.4, 0.5) is 4.39 Å². The number of hydrogen-bond acceptors (Lipinski definition) is 3. The van der Waals surface area contributed by atoms with Crippen LogP contribution in [-0.4, -0.2) is 44.3 Å². The first-order valence-electron chi connectivity index (χ1n) is 6.51. The third kappa shape index (κ3) is 3.07. The lowest BCUT2D eigenvalue weighted by Crippen LogP contribution is -2.47. The molecule has 1 aromatic rings. The normalized spacial score (nSPS) is 22.9. The van der Waals surface area contributed by atoms with Crippen molar-refractivity contribution >= 4 is 0 Å². The molecule has 1 fully saturated rings. The summed E-state index contributed by atoms with van der Waals surface area (Å²) >= 11 is 0. The topological polar surface area (TPSA) is 24.5 Å². The van der Waals surface area contributed by atoms with Crippen molar-refractivity contribution in [3.63, 3.8) is 0 Å². The molecule has 2 unspecified atom stereocenters. The lowest BCUT2D eigenvalue weighted by Gasteiger charge is -2.36. The fourth-order valence-corrected chi connectivity index (χ4v) is 2.46. The smallest absolute Gasteiger partial charge is 0.123 e. The maximum Gasteiger partial charge on any atom is 0.123 e. The highest BCUT2D eigenvalue weighted by Crippen LogP contribution is 2.22. The standard InChI is InChI=1S/C14H21FN2O/c1-3-17-8-9-18-13(10-17)14(16-2)11-4-6-12(15)7-5-11/h4-7,13-14,16H,3,8-10H2,1-2H3. The predicted molar refractivity (Wildman–Crippen MR) is 70.1 cm³/mol. The minimum absolute atomic E-state index is 0.111. The lowest BCUT2D eigenvalue weighted by molar-refractivity contribution is -0.0444. The molecule has 18 heavy (non-hydrogen) atoms. The maximum atomic E-state index is 13.0. The molecule has 1 aromatic carbocycles. The number of nitrogens with zero attached hydrogens (tertiary/aromatic N) is 1.